The molecule has 1 aliphatic heterocycles. The molecule has 0 aliphatic carbocycles. The van der Waals surface area contributed by atoms with E-state index in [0.717, 1.165) is 35.1 Å². The van der Waals surface area contributed by atoms with Gasteiger partial charge in [0.15, 0.2) is 0 Å². The molecule has 1 saturated heterocycles. The normalized spacial score (nSPS) is 16.6. The van der Waals surface area contributed by atoms with Gasteiger partial charge in [0.25, 0.3) is 0 Å². The third kappa shape index (κ3) is 4.11. The van der Waals surface area contributed by atoms with E-state index in [9.17, 15) is 9.59 Å². The van der Waals surface area contributed by atoms with Gasteiger partial charge < -0.3 is 14.2 Å². The molecule has 3 aromatic rings. The summed E-state index contributed by atoms with van der Waals surface area (Å²) in [6, 6.07) is 22.8. The van der Waals surface area contributed by atoms with Crippen molar-refractivity contribution in [3.63, 3.8) is 0 Å². The maximum Gasteiger partial charge on any atom is 0.494 e. The number of nitrogens with zero attached hydrogens (tertiary/aromatic N) is 1. The molecule has 162 valence electrons. The summed E-state index contributed by atoms with van der Waals surface area (Å²) in [6.45, 7) is 8.15. The highest BCUT2D eigenvalue weighted by atomic mass is 16.7. The topological polar surface area (TPSA) is 55.8 Å². The van der Waals surface area contributed by atoms with E-state index in [1.807, 2.05) is 76.2 Å². The van der Waals surface area contributed by atoms with Crippen molar-refractivity contribution in [2.24, 2.45) is 0 Å². The Labute approximate surface area is 189 Å². The maximum absolute atomic E-state index is 11.1. The van der Waals surface area contributed by atoms with Gasteiger partial charge in [0.1, 0.15) is 12.6 Å². The van der Waals surface area contributed by atoms with Crippen LogP contribution in [0.2, 0.25) is 0 Å². The van der Waals surface area contributed by atoms with E-state index < -0.39 is 18.3 Å². The van der Waals surface area contributed by atoms with Crippen LogP contribution in [-0.4, -0.2) is 30.9 Å². The van der Waals surface area contributed by atoms with Crippen molar-refractivity contribution in [3.05, 3.63) is 83.9 Å². The molecule has 4 rings (SSSR count). The molecule has 0 N–H and O–H groups in total. The van der Waals surface area contributed by atoms with Gasteiger partial charge in [-0.15, -0.1) is 0 Å². The minimum atomic E-state index is -0.429. The van der Waals surface area contributed by atoms with Crippen molar-refractivity contribution in [1.29, 1.82) is 0 Å². The zero-order chi connectivity index (χ0) is 22.9. The Morgan fingerprint density at radius 1 is 0.625 bits per heavy atom. The summed E-state index contributed by atoms with van der Waals surface area (Å²) in [6.07, 6.45) is 1.65. The molecule has 0 amide bonds. The van der Waals surface area contributed by atoms with Gasteiger partial charge in [-0.2, -0.15) is 0 Å². The molecule has 1 aliphatic rings. The number of hydrogen-bond donors (Lipinski definition) is 0. The van der Waals surface area contributed by atoms with Gasteiger partial charge >= 0.3 is 7.12 Å². The zero-order valence-electron chi connectivity index (χ0n) is 18.7. The molecule has 6 heteroatoms. The summed E-state index contributed by atoms with van der Waals surface area (Å²) in [5.41, 5.74) is 4.10. The number of hydrogen-bond acceptors (Lipinski definition) is 5. The molecule has 0 unspecified atom stereocenters. The van der Waals surface area contributed by atoms with Crippen LogP contribution in [-0.2, 0) is 9.31 Å². The van der Waals surface area contributed by atoms with Crippen LogP contribution in [0.25, 0.3) is 0 Å². The summed E-state index contributed by atoms with van der Waals surface area (Å²) in [5, 5.41) is 0. The number of aldehydes is 2. The molecule has 5 nitrogen and oxygen atoms in total. The van der Waals surface area contributed by atoms with Gasteiger partial charge in [0.05, 0.1) is 11.2 Å². The van der Waals surface area contributed by atoms with Crippen molar-refractivity contribution in [2.75, 3.05) is 4.90 Å². The lowest BCUT2D eigenvalue weighted by atomic mass is 9.79. The largest absolute Gasteiger partial charge is 0.494 e. The summed E-state index contributed by atoms with van der Waals surface area (Å²) in [4.78, 5) is 24.2. The first-order chi connectivity index (χ1) is 15.2. The molecule has 0 aromatic heterocycles. The number of rotatable bonds is 6. The Morgan fingerprint density at radius 2 is 0.969 bits per heavy atom. The maximum atomic E-state index is 11.1. The molecule has 0 atom stereocenters. The predicted octanol–water partition coefficient (Wildman–Crippen LogP) is 5.08. The molecule has 3 aromatic carbocycles. The molecule has 1 fully saturated rings. The van der Waals surface area contributed by atoms with Crippen LogP contribution in [0.5, 0.6) is 0 Å². The standard InChI is InChI=1S/C26H26BNO4/c1-25(2)26(3,4)32-27(31-25)21-9-15-24(16-10-21)28(22-11-5-19(17-29)6-12-22)23-13-7-20(18-30)8-14-23/h5-18H,1-4H3. The minimum absolute atomic E-state index is 0.400. The third-order valence-corrected chi connectivity index (χ3v) is 6.25. The lowest BCUT2D eigenvalue weighted by molar-refractivity contribution is 0.00578. The Hall–Kier alpha value is -3.22. The van der Waals surface area contributed by atoms with Gasteiger partial charge in [0.2, 0.25) is 0 Å². The van der Waals surface area contributed by atoms with E-state index in [0.29, 0.717) is 11.1 Å². The third-order valence-electron chi connectivity index (χ3n) is 6.25. The fourth-order valence-corrected chi connectivity index (χ4v) is 3.61. The monoisotopic (exact) mass is 427 g/mol. The van der Waals surface area contributed by atoms with Gasteiger partial charge in [-0.1, -0.05) is 12.1 Å². The fourth-order valence-electron chi connectivity index (χ4n) is 3.61. The Bertz CT molecular complexity index is 1040. The molecule has 0 radical (unpaired) electrons. The second kappa shape index (κ2) is 8.38. The van der Waals surface area contributed by atoms with E-state index in [2.05, 4.69) is 4.90 Å². The highest BCUT2D eigenvalue weighted by molar-refractivity contribution is 6.62. The Balaban J connectivity index is 1.69. The van der Waals surface area contributed by atoms with E-state index in [4.69, 9.17) is 9.31 Å². The van der Waals surface area contributed by atoms with E-state index in [-0.39, 0.29) is 0 Å². The molecule has 0 spiro atoms. The lowest BCUT2D eigenvalue weighted by Gasteiger charge is -2.32. The predicted molar refractivity (Wildman–Crippen MR) is 128 cm³/mol. The fraction of sp³-hybridized carbons (Fsp3) is 0.231. The van der Waals surface area contributed by atoms with Crippen LogP contribution < -0.4 is 10.4 Å². The molecule has 0 saturated carbocycles. The van der Waals surface area contributed by atoms with Crippen LogP contribution in [0.1, 0.15) is 48.4 Å². The number of carbonyl (C=O) groups is 2. The second-order valence-electron chi connectivity index (χ2n) is 8.93. The first-order valence-corrected chi connectivity index (χ1v) is 10.6. The minimum Gasteiger partial charge on any atom is -0.399 e. The smallest absolute Gasteiger partial charge is 0.399 e. The average Bonchev–Trinajstić information content (AvgIpc) is 3.02. The first-order valence-electron chi connectivity index (χ1n) is 10.6. The van der Waals surface area contributed by atoms with Crippen molar-refractivity contribution in [3.8, 4) is 0 Å². The van der Waals surface area contributed by atoms with Gasteiger partial charge in [-0.3, -0.25) is 9.59 Å². The lowest BCUT2D eigenvalue weighted by Crippen LogP contribution is -2.41. The van der Waals surface area contributed by atoms with Crippen LogP contribution in [0.15, 0.2) is 72.8 Å². The zero-order valence-corrected chi connectivity index (χ0v) is 18.7. The summed E-state index contributed by atoms with van der Waals surface area (Å²) in [7, 11) is -0.429. The Kier molecular flexibility index (Phi) is 5.76. The van der Waals surface area contributed by atoms with E-state index >= 15 is 0 Å². The summed E-state index contributed by atoms with van der Waals surface area (Å²) >= 11 is 0. The molecular formula is C26H26BNO4. The molecule has 1 heterocycles. The second-order valence-corrected chi connectivity index (χ2v) is 8.93. The van der Waals surface area contributed by atoms with Crippen LogP contribution >= 0.6 is 0 Å². The quantitative estimate of drug-likeness (QED) is 0.406. The molecule has 0 bridgehead atoms. The van der Waals surface area contributed by atoms with Crippen LogP contribution in [0.3, 0.4) is 0 Å². The van der Waals surface area contributed by atoms with Crippen molar-refractivity contribution in [1.82, 2.24) is 0 Å². The summed E-state index contributed by atoms with van der Waals surface area (Å²) < 4.78 is 12.3. The van der Waals surface area contributed by atoms with Crippen molar-refractivity contribution >= 4 is 42.2 Å². The SMILES string of the molecule is CC1(C)OB(c2ccc(N(c3ccc(C=O)cc3)c3ccc(C=O)cc3)cc2)OC1(C)C. The number of carbonyl (C=O) groups excluding carboxylic acids is 2. The molecular weight excluding hydrogens is 401 g/mol. The van der Waals surface area contributed by atoms with Gasteiger partial charge in [-0.05, 0) is 93.8 Å². The van der Waals surface area contributed by atoms with Crippen molar-refractivity contribution in [2.45, 2.75) is 38.9 Å². The highest BCUT2D eigenvalue weighted by Crippen LogP contribution is 2.37. The van der Waals surface area contributed by atoms with Crippen LogP contribution in [0.4, 0.5) is 17.1 Å². The van der Waals surface area contributed by atoms with Crippen LogP contribution in [0, 0.1) is 0 Å². The van der Waals surface area contributed by atoms with Gasteiger partial charge in [-0.25, -0.2) is 0 Å². The van der Waals surface area contributed by atoms with Crippen molar-refractivity contribution < 1.29 is 18.9 Å². The first kappa shape index (κ1) is 22.0. The molecule has 32 heavy (non-hydrogen) atoms. The van der Waals surface area contributed by atoms with E-state index in [1.54, 1.807) is 24.3 Å². The van der Waals surface area contributed by atoms with Gasteiger partial charge in [0, 0.05) is 28.2 Å². The number of benzene rings is 3. The van der Waals surface area contributed by atoms with E-state index in [1.165, 1.54) is 0 Å². The Morgan fingerprint density at radius 3 is 1.31 bits per heavy atom. The number of anilines is 3. The highest BCUT2D eigenvalue weighted by Gasteiger charge is 2.51. The average molecular weight is 427 g/mol. The summed E-state index contributed by atoms with van der Waals surface area (Å²) in [5.74, 6) is 0.